The molecule has 0 spiro atoms. The number of aliphatic carboxylic acids is 1. The van der Waals surface area contributed by atoms with E-state index in [-0.39, 0.29) is 10.6 Å². The lowest BCUT2D eigenvalue weighted by molar-refractivity contribution is -0.384. The van der Waals surface area contributed by atoms with Gasteiger partial charge in [0.1, 0.15) is 4.91 Å². The molecule has 0 fully saturated rings. The van der Waals surface area contributed by atoms with Crippen LogP contribution in [0.5, 0.6) is 0 Å². The Labute approximate surface area is 106 Å². The number of nitro benzene ring substituents is 1. The van der Waals surface area contributed by atoms with Crippen LogP contribution in [0.15, 0.2) is 35.4 Å². The van der Waals surface area contributed by atoms with Gasteiger partial charge in [-0.15, -0.1) is 0 Å². The van der Waals surface area contributed by atoms with Crippen molar-refractivity contribution in [2.24, 2.45) is 5.73 Å². The molecule has 1 heterocycles. The van der Waals surface area contributed by atoms with E-state index in [0.717, 1.165) is 11.8 Å². The zero-order valence-corrected chi connectivity index (χ0v) is 9.81. The van der Waals surface area contributed by atoms with Crippen molar-refractivity contribution in [3.05, 3.63) is 51.0 Å². The maximum absolute atomic E-state index is 10.8. The molecular weight excluding hydrogens is 258 g/mol. The van der Waals surface area contributed by atoms with Gasteiger partial charge in [-0.2, -0.15) is 0 Å². The van der Waals surface area contributed by atoms with E-state index in [4.69, 9.17) is 10.8 Å². The molecule has 1 aliphatic rings. The Hall–Kier alpha value is -2.06. The molecule has 18 heavy (non-hydrogen) atoms. The lowest BCUT2D eigenvalue weighted by Crippen LogP contribution is -2.42. The van der Waals surface area contributed by atoms with Gasteiger partial charge in [0, 0.05) is 23.9 Å². The molecular formula is C10H9N3O4S. The summed E-state index contributed by atoms with van der Waals surface area (Å²) in [6.07, 6.45) is 1.31. The minimum atomic E-state index is -1.11. The molecule has 94 valence electrons. The van der Waals surface area contributed by atoms with Crippen molar-refractivity contribution in [3.63, 3.8) is 0 Å². The number of nitrogens with zero attached hydrogens (tertiary/aromatic N) is 1. The van der Waals surface area contributed by atoms with Crippen LogP contribution in [0.3, 0.4) is 0 Å². The number of nitrogens with two attached hydrogens (primary N) is 1. The predicted molar refractivity (Wildman–Crippen MR) is 65.4 cm³/mol. The molecule has 1 aromatic carbocycles. The van der Waals surface area contributed by atoms with Gasteiger partial charge in [-0.25, -0.2) is 4.79 Å². The molecule has 0 bridgehead atoms. The van der Waals surface area contributed by atoms with Crippen LogP contribution >= 0.6 is 11.8 Å². The van der Waals surface area contributed by atoms with Gasteiger partial charge in [0.2, 0.25) is 0 Å². The van der Waals surface area contributed by atoms with Crippen molar-refractivity contribution >= 4 is 23.4 Å². The SMILES string of the molecule is NC1(c2ccc([N+](=O)[O-])cc2)NC=C(C(=O)O)S1. The first-order valence-electron chi connectivity index (χ1n) is 4.86. The van der Waals surface area contributed by atoms with Gasteiger partial charge in [-0.1, -0.05) is 11.8 Å². The fourth-order valence-corrected chi connectivity index (χ4v) is 2.41. The average molecular weight is 267 g/mol. The molecule has 1 aliphatic heterocycles. The van der Waals surface area contributed by atoms with Gasteiger partial charge in [0.15, 0.2) is 4.99 Å². The van der Waals surface area contributed by atoms with Gasteiger partial charge in [-0.3, -0.25) is 15.8 Å². The second kappa shape index (κ2) is 4.31. The quantitative estimate of drug-likeness (QED) is 0.550. The summed E-state index contributed by atoms with van der Waals surface area (Å²) in [6, 6.07) is 5.64. The van der Waals surface area contributed by atoms with E-state index in [1.807, 2.05) is 0 Å². The van der Waals surface area contributed by atoms with Crippen LogP contribution in [0.25, 0.3) is 0 Å². The predicted octanol–water partition coefficient (Wildman–Crippen LogP) is 0.926. The Morgan fingerprint density at radius 3 is 2.50 bits per heavy atom. The van der Waals surface area contributed by atoms with E-state index in [9.17, 15) is 14.9 Å². The van der Waals surface area contributed by atoms with Gasteiger partial charge in [0.25, 0.3) is 5.69 Å². The molecule has 1 atom stereocenters. The first-order chi connectivity index (χ1) is 8.42. The number of non-ortho nitro benzene ring substituents is 1. The lowest BCUT2D eigenvalue weighted by atomic mass is 10.1. The standard InChI is InChI=1S/C10H9N3O4S/c11-10(12-5-8(18-10)9(14)15)6-1-3-7(4-2-6)13(16)17/h1-5,12H,11H2,(H,14,15). The zero-order valence-electron chi connectivity index (χ0n) is 8.99. The fourth-order valence-electron chi connectivity index (χ4n) is 1.48. The molecule has 0 saturated heterocycles. The Bertz CT molecular complexity index is 543. The molecule has 0 radical (unpaired) electrons. The van der Waals surface area contributed by atoms with Gasteiger partial charge < -0.3 is 10.4 Å². The second-order valence-corrected chi connectivity index (χ2v) is 4.89. The summed E-state index contributed by atoms with van der Waals surface area (Å²) in [7, 11) is 0. The second-order valence-electron chi connectivity index (χ2n) is 3.60. The Balaban J connectivity index is 2.23. The first kappa shape index (κ1) is 12.4. The summed E-state index contributed by atoms with van der Waals surface area (Å²) in [4.78, 5) is 19.8. The van der Waals surface area contributed by atoms with Crippen molar-refractivity contribution in [1.29, 1.82) is 0 Å². The molecule has 0 aliphatic carbocycles. The smallest absolute Gasteiger partial charge is 0.343 e. The van der Waals surface area contributed by atoms with Crippen LogP contribution in [0.4, 0.5) is 5.69 Å². The number of benzene rings is 1. The average Bonchev–Trinajstić information content (AvgIpc) is 2.74. The topological polar surface area (TPSA) is 118 Å². The molecule has 1 unspecified atom stereocenters. The number of hydrogen-bond acceptors (Lipinski definition) is 6. The molecule has 4 N–H and O–H groups in total. The summed E-state index contributed by atoms with van der Waals surface area (Å²) in [6.45, 7) is 0. The largest absolute Gasteiger partial charge is 0.477 e. The zero-order chi connectivity index (χ0) is 13.3. The molecule has 0 aromatic heterocycles. The Kier molecular flexibility index (Phi) is 2.97. The van der Waals surface area contributed by atoms with E-state index < -0.39 is 15.9 Å². The number of thioether (sulfide) groups is 1. The lowest BCUT2D eigenvalue weighted by Gasteiger charge is -2.24. The van der Waals surface area contributed by atoms with Crippen molar-refractivity contribution in [3.8, 4) is 0 Å². The van der Waals surface area contributed by atoms with Crippen LogP contribution in [0.2, 0.25) is 0 Å². The maximum Gasteiger partial charge on any atom is 0.343 e. The third-order valence-corrected chi connectivity index (χ3v) is 3.59. The molecule has 8 heteroatoms. The third-order valence-electron chi connectivity index (χ3n) is 2.41. The van der Waals surface area contributed by atoms with Crippen molar-refractivity contribution < 1.29 is 14.8 Å². The number of hydrogen-bond donors (Lipinski definition) is 3. The highest BCUT2D eigenvalue weighted by Crippen LogP contribution is 2.39. The number of rotatable bonds is 3. The minimum absolute atomic E-state index is 0.0447. The number of carbonyl (C=O) groups is 1. The van der Waals surface area contributed by atoms with Gasteiger partial charge in [-0.05, 0) is 12.1 Å². The summed E-state index contributed by atoms with van der Waals surface area (Å²) >= 11 is 0.947. The van der Waals surface area contributed by atoms with E-state index in [1.165, 1.54) is 30.5 Å². The summed E-state index contributed by atoms with van der Waals surface area (Å²) in [5.41, 5.74) is 6.52. The minimum Gasteiger partial charge on any atom is -0.477 e. The van der Waals surface area contributed by atoms with Crippen molar-refractivity contribution in [1.82, 2.24) is 5.32 Å². The molecule has 0 amide bonds. The van der Waals surface area contributed by atoms with E-state index in [1.54, 1.807) is 0 Å². The Morgan fingerprint density at radius 1 is 1.44 bits per heavy atom. The normalized spacial score (nSPS) is 22.2. The molecule has 0 saturated carbocycles. The first-order valence-corrected chi connectivity index (χ1v) is 5.68. The van der Waals surface area contributed by atoms with Crippen LogP contribution in [0, 0.1) is 10.1 Å². The van der Waals surface area contributed by atoms with E-state index in [2.05, 4.69) is 5.32 Å². The van der Waals surface area contributed by atoms with E-state index >= 15 is 0 Å². The maximum atomic E-state index is 10.8. The summed E-state index contributed by atoms with van der Waals surface area (Å²) in [5.74, 6) is -1.07. The fraction of sp³-hybridized carbons (Fsp3) is 0.100. The van der Waals surface area contributed by atoms with Crippen LogP contribution in [0.1, 0.15) is 5.56 Å². The molecule has 1 aromatic rings. The monoisotopic (exact) mass is 267 g/mol. The third kappa shape index (κ3) is 2.15. The molecule has 7 nitrogen and oxygen atoms in total. The number of carboxylic acids is 1. The Morgan fingerprint density at radius 2 is 2.06 bits per heavy atom. The van der Waals surface area contributed by atoms with E-state index in [0.29, 0.717) is 5.56 Å². The highest BCUT2D eigenvalue weighted by Gasteiger charge is 2.35. The summed E-state index contributed by atoms with van der Waals surface area (Å²) < 4.78 is 0. The highest BCUT2D eigenvalue weighted by atomic mass is 32.2. The van der Waals surface area contributed by atoms with Crippen LogP contribution < -0.4 is 11.1 Å². The number of carboxylic acid groups (broad SMARTS) is 1. The van der Waals surface area contributed by atoms with Crippen LogP contribution in [-0.4, -0.2) is 16.0 Å². The number of nitrogens with one attached hydrogen (secondary N) is 1. The van der Waals surface area contributed by atoms with Crippen molar-refractivity contribution in [2.45, 2.75) is 4.99 Å². The van der Waals surface area contributed by atoms with Crippen LogP contribution in [-0.2, 0) is 9.79 Å². The van der Waals surface area contributed by atoms with Gasteiger partial charge >= 0.3 is 5.97 Å². The molecule has 2 rings (SSSR count). The highest BCUT2D eigenvalue weighted by molar-refractivity contribution is 8.05. The van der Waals surface area contributed by atoms with Gasteiger partial charge in [0.05, 0.1) is 4.92 Å². The summed E-state index contributed by atoms with van der Waals surface area (Å²) in [5, 5.41) is 22.1. The number of nitro groups is 1. The van der Waals surface area contributed by atoms with Crippen molar-refractivity contribution in [2.75, 3.05) is 0 Å².